The maximum absolute atomic E-state index is 12.7. The van der Waals surface area contributed by atoms with Gasteiger partial charge >= 0.3 is 0 Å². The maximum atomic E-state index is 12.7. The van der Waals surface area contributed by atoms with Crippen molar-refractivity contribution in [2.75, 3.05) is 19.6 Å². The van der Waals surface area contributed by atoms with Crippen LogP contribution in [0, 0.1) is 13.8 Å². The van der Waals surface area contributed by atoms with E-state index in [1.165, 1.54) is 70.8 Å². The van der Waals surface area contributed by atoms with Crippen LogP contribution in [0.4, 0.5) is 0 Å². The van der Waals surface area contributed by atoms with E-state index in [9.17, 15) is 4.79 Å². The van der Waals surface area contributed by atoms with Crippen LogP contribution in [0.25, 0.3) is 5.78 Å². The second kappa shape index (κ2) is 8.78. The molecule has 2 fully saturated rings. The Bertz CT molecular complexity index is 848. The highest BCUT2D eigenvalue weighted by atomic mass is 16.1. The molecule has 1 aliphatic carbocycles. The summed E-state index contributed by atoms with van der Waals surface area (Å²) in [6.07, 6.45) is 13.0. The normalized spacial score (nSPS) is 20.1. The fourth-order valence-electron chi connectivity index (χ4n) is 5.29. The van der Waals surface area contributed by atoms with Crippen LogP contribution in [-0.2, 0) is 11.2 Å². The number of aryl methyl sites for hydroxylation is 2. The van der Waals surface area contributed by atoms with Crippen molar-refractivity contribution in [1.29, 1.82) is 0 Å². The van der Waals surface area contributed by atoms with E-state index in [1.807, 2.05) is 13.8 Å². The van der Waals surface area contributed by atoms with E-state index in [-0.39, 0.29) is 11.4 Å². The lowest BCUT2D eigenvalue weighted by Gasteiger charge is -2.48. The number of piperidine rings is 1. The first-order valence-electron chi connectivity index (χ1n) is 11.3. The van der Waals surface area contributed by atoms with Gasteiger partial charge in [0.15, 0.2) is 0 Å². The molecule has 0 unspecified atom stereocenters. The molecular weight excluding hydrogens is 364 g/mol. The highest BCUT2D eigenvalue weighted by Gasteiger charge is 2.38. The molecule has 1 N–H and O–H groups in total. The lowest BCUT2D eigenvalue weighted by Crippen LogP contribution is -2.58. The third kappa shape index (κ3) is 4.29. The molecule has 0 radical (unpaired) electrons. The number of fused-ring (bicyclic) bond motifs is 1. The number of hydrogen-bond acceptors (Lipinski definition) is 5. The van der Waals surface area contributed by atoms with Crippen LogP contribution in [0.3, 0.4) is 0 Å². The number of carbonyl (C=O) groups is 1. The van der Waals surface area contributed by atoms with Crippen LogP contribution >= 0.6 is 0 Å². The monoisotopic (exact) mass is 398 g/mol. The molecule has 0 atom stereocenters. The quantitative estimate of drug-likeness (QED) is 0.810. The molecule has 1 saturated heterocycles. The maximum Gasteiger partial charge on any atom is 0.252 e. The van der Waals surface area contributed by atoms with Crippen molar-refractivity contribution in [3.05, 3.63) is 23.3 Å². The Balaban J connectivity index is 1.38. The topological polar surface area (TPSA) is 75.4 Å². The average Bonchev–Trinajstić information content (AvgIpc) is 3.22. The summed E-state index contributed by atoms with van der Waals surface area (Å²) in [5.74, 6) is 0.762. The van der Waals surface area contributed by atoms with Gasteiger partial charge in [0.25, 0.3) is 5.78 Å². The molecule has 3 heterocycles. The Morgan fingerprint density at radius 3 is 2.59 bits per heavy atom. The number of rotatable bonds is 6. The Morgan fingerprint density at radius 2 is 1.83 bits per heavy atom. The summed E-state index contributed by atoms with van der Waals surface area (Å²) >= 11 is 0. The Morgan fingerprint density at radius 1 is 1.10 bits per heavy atom. The zero-order valence-electron chi connectivity index (χ0n) is 17.9. The summed E-state index contributed by atoms with van der Waals surface area (Å²) < 4.78 is 1.76. The number of aromatic nitrogens is 4. The van der Waals surface area contributed by atoms with Gasteiger partial charge in [0.1, 0.15) is 6.33 Å². The third-order valence-corrected chi connectivity index (χ3v) is 7.02. The van der Waals surface area contributed by atoms with Gasteiger partial charge in [-0.05, 0) is 64.6 Å². The number of hydrogen-bond donors (Lipinski definition) is 1. The lowest BCUT2D eigenvalue weighted by molar-refractivity contribution is -0.122. The van der Waals surface area contributed by atoms with E-state index in [0.29, 0.717) is 18.6 Å². The zero-order valence-corrected chi connectivity index (χ0v) is 17.9. The summed E-state index contributed by atoms with van der Waals surface area (Å²) in [7, 11) is 0. The number of amides is 1. The first-order valence-corrected chi connectivity index (χ1v) is 11.3. The van der Waals surface area contributed by atoms with E-state index >= 15 is 0 Å². The second-order valence-corrected chi connectivity index (χ2v) is 8.84. The molecule has 0 bridgehead atoms. The molecule has 29 heavy (non-hydrogen) atoms. The van der Waals surface area contributed by atoms with E-state index in [1.54, 1.807) is 4.52 Å². The van der Waals surface area contributed by atoms with Gasteiger partial charge in [0.2, 0.25) is 5.91 Å². The van der Waals surface area contributed by atoms with Crippen LogP contribution in [0.2, 0.25) is 0 Å². The summed E-state index contributed by atoms with van der Waals surface area (Å²) in [5, 5.41) is 7.54. The van der Waals surface area contributed by atoms with Gasteiger partial charge in [-0.1, -0.05) is 25.7 Å². The van der Waals surface area contributed by atoms with Crippen LogP contribution in [0.1, 0.15) is 74.7 Å². The Kier molecular flexibility index (Phi) is 6.13. The third-order valence-electron chi connectivity index (χ3n) is 7.02. The van der Waals surface area contributed by atoms with Crippen molar-refractivity contribution in [1.82, 2.24) is 29.8 Å². The summed E-state index contributed by atoms with van der Waals surface area (Å²) in [6.45, 7) is 7.19. The zero-order chi connectivity index (χ0) is 20.3. The van der Waals surface area contributed by atoms with Gasteiger partial charge in [0.05, 0.1) is 0 Å². The van der Waals surface area contributed by atoms with Gasteiger partial charge < -0.3 is 5.32 Å². The van der Waals surface area contributed by atoms with Crippen LogP contribution in [0.15, 0.2) is 6.33 Å². The minimum absolute atomic E-state index is 0.143. The minimum Gasteiger partial charge on any atom is -0.354 e. The molecule has 0 aromatic carbocycles. The fraction of sp³-hybridized carbons (Fsp3) is 0.727. The van der Waals surface area contributed by atoms with E-state index in [2.05, 4.69) is 25.3 Å². The number of nitrogens with one attached hydrogen (secondary N) is 1. The van der Waals surface area contributed by atoms with Gasteiger partial charge in [0, 0.05) is 29.9 Å². The van der Waals surface area contributed by atoms with E-state index in [0.717, 1.165) is 23.5 Å². The van der Waals surface area contributed by atoms with Crippen LogP contribution < -0.4 is 5.32 Å². The molecule has 158 valence electrons. The summed E-state index contributed by atoms with van der Waals surface area (Å²) in [6, 6.07) is 0. The van der Waals surface area contributed by atoms with Crippen LogP contribution in [0.5, 0.6) is 0 Å². The highest BCUT2D eigenvalue weighted by Crippen LogP contribution is 2.35. The Hall–Kier alpha value is -2.02. The largest absolute Gasteiger partial charge is 0.354 e. The standard InChI is InChI=1S/C22H34N6O/c1-17-19(18(2)28-21(26-17)24-16-25-28)9-10-20(29)23-15-22(11-5-3-6-12-22)27-13-7-4-8-14-27/h16H,3-15H2,1-2H3,(H,23,29). The van der Waals surface area contributed by atoms with Crippen molar-refractivity contribution >= 4 is 11.7 Å². The van der Waals surface area contributed by atoms with Gasteiger partial charge in [-0.15, -0.1) is 0 Å². The average molecular weight is 399 g/mol. The molecule has 1 amide bonds. The molecule has 1 saturated carbocycles. The molecule has 0 spiro atoms. The minimum atomic E-state index is 0.143. The molecule has 2 aromatic rings. The van der Waals surface area contributed by atoms with Gasteiger partial charge in [-0.2, -0.15) is 10.1 Å². The molecule has 2 aliphatic rings. The lowest BCUT2D eigenvalue weighted by atomic mass is 9.79. The smallest absolute Gasteiger partial charge is 0.252 e. The highest BCUT2D eigenvalue weighted by molar-refractivity contribution is 5.76. The van der Waals surface area contributed by atoms with Gasteiger partial charge in [-0.3, -0.25) is 9.69 Å². The predicted molar refractivity (Wildman–Crippen MR) is 113 cm³/mol. The summed E-state index contributed by atoms with van der Waals surface area (Å²) in [4.78, 5) is 24.1. The first-order chi connectivity index (χ1) is 14.1. The number of likely N-dealkylation sites (tertiary alicyclic amines) is 1. The molecular formula is C22H34N6O. The van der Waals surface area contributed by atoms with Crippen molar-refractivity contribution in [3.63, 3.8) is 0 Å². The molecule has 2 aromatic heterocycles. The Labute approximate surface area is 173 Å². The molecule has 4 rings (SSSR count). The van der Waals surface area contributed by atoms with E-state index in [4.69, 9.17) is 0 Å². The number of carbonyl (C=O) groups excluding carboxylic acids is 1. The second-order valence-electron chi connectivity index (χ2n) is 8.84. The van der Waals surface area contributed by atoms with Gasteiger partial charge in [-0.25, -0.2) is 9.50 Å². The predicted octanol–water partition coefficient (Wildman–Crippen LogP) is 2.98. The van der Waals surface area contributed by atoms with Crippen LogP contribution in [-0.4, -0.2) is 55.6 Å². The molecule has 7 nitrogen and oxygen atoms in total. The van der Waals surface area contributed by atoms with Crippen molar-refractivity contribution in [3.8, 4) is 0 Å². The molecule has 1 aliphatic heterocycles. The van der Waals surface area contributed by atoms with E-state index < -0.39 is 0 Å². The van der Waals surface area contributed by atoms with Crippen molar-refractivity contribution < 1.29 is 4.79 Å². The summed E-state index contributed by atoms with van der Waals surface area (Å²) in [5.41, 5.74) is 3.24. The SMILES string of the molecule is Cc1nc2ncnn2c(C)c1CCC(=O)NCC1(N2CCCCC2)CCCCC1. The first kappa shape index (κ1) is 20.3. The number of nitrogens with zero attached hydrogens (tertiary/aromatic N) is 5. The molecule has 7 heteroatoms. The fourth-order valence-corrected chi connectivity index (χ4v) is 5.29. The van der Waals surface area contributed by atoms with Crippen molar-refractivity contribution in [2.45, 2.75) is 83.6 Å². The van der Waals surface area contributed by atoms with Crippen molar-refractivity contribution in [2.24, 2.45) is 0 Å².